The van der Waals surface area contributed by atoms with Crippen LogP contribution in [0.2, 0.25) is 0 Å². The van der Waals surface area contributed by atoms with Crippen LogP contribution in [-0.2, 0) is 4.74 Å². The van der Waals surface area contributed by atoms with Gasteiger partial charge in [0, 0.05) is 12.2 Å². The number of amides is 1. The molecule has 0 saturated carbocycles. The molecule has 1 atom stereocenters. The van der Waals surface area contributed by atoms with Gasteiger partial charge in [-0.1, -0.05) is 25.1 Å². The van der Waals surface area contributed by atoms with Crippen molar-refractivity contribution in [2.45, 2.75) is 39.7 Å². The predicted molar refractivity (Wildman–Crippen MR) is 81.2 cm³/mol. The summed E-state index contributed by atoms with van der Waals surface area (Å²) in [6.07, 6.45) is 1.71. The molecule has 1 aromatic carbocycles. The molecule has 0 unspecified atom stereocenters. The Morgan fingerprint density at radius 1 is 1.40 bits per heavy atom. The van der Waals surface area contributed by atoms with Crippen LogP contribution < -0.4 is 5.32 Å². The number of carbonyl (C=O) groups excluding carboxylic acids is 1. The van der Waals surface area contributed by atoms with E-state index in [1.165, 1.54) is 0 Å². The summed E-state index contributed by atoms with van der Waals surface area (Å²) in [4.78, 5) is 14.3. The monoisotopic (exact) mass is 276 g/mol. The highest BCUT2D eigenvalue weighted by molar-refractivity contribution is 5.86. The van der Waals surface area contributed by atoms with E-state index in [0.29, 0.717) is 0 Å². The summed E-state index contributed by atoms with van der Waals surface area (Å²) in [6, 6.07) is 5.96. The number of piperidine rings is 1. The van der Waals surface area contributed by atoms with Gasteiger partial charge in [-0.25, -0.2) is 4.79 Å². The number of nitrogens with one attached hydrogen (secondary N) is 1. The van der Waals surface area contributed by atoms with Crippen LogP contribution >= 0.6 is 0 Å². The van der Waals surface area contributed by atoms with E-state index in [1.807, 2.05) is 32.0 Å². The average molecular weight is 276 g/mol. The third-order valence-corrected chi connectivity index (χ3v) is 3.89. The molecule has 4 heteroatoms. The van der Waals surface area contributed by atoms with Crippen LogP contribution in [0.15, 0.2) is 18.2 Å². The van der Waals surface area contributed by atoms with Gasteiger partial charge >= 0.3 is 6.09 Å². The number of hydrogen-bond donors (Lipinski definition) is 1. The number of nitrogens with zero attached hydrogens (tertiary/aromatic N) is 1. The van der Waals surface area contributed by atoms with Crippen molar-refractivity contribution in [1.82, 2.24) is 4.90 Å². The van der Waals surface area contributed by atoms with Gasteiger partial charge in [-0.15, -0.1) is 0 Å². The maximum Gasteiger partial charge on any atom is 0.411 e. The summed E-state index contributed by atoms with van der Waals surface area (Å²) < 4.78 is 5.55. The SMILES string of the molecule is CCN1CCC[C@H](OC(=O)Nc2c(C)cccc2C)C1. The first-order chi connectivity index (χ1) is 9.60. The van der Waals surface area contributed by atoms with E-state index < -0.39 is 0 Å². The van der Waals surface area contributed by atoms with Gasteiger partial charge in [0.15, 0.2) is 0 Å². The first-order valence-electron chi connectivity index (χ1n) is 7.36. The third-order valence-electron chi connectivity index (χ3n) is 3.89. The maximum atomic E-state index is 12.0. The van der Waals surface area contributed by atoms with Crippen molar-refractivity contribution >= 4 is 11.8 Å². The van der Waals surface area contributed by atoms with Crippen LogP contribution in [0.4, 0.5) is 10.5 Å². The lowest BCUT2D eigenvalue weighted by Crippen LogP contribution is -2.41. The number of likely N-dealkylation sites (tertiary alicyclic amines) is 1. The Kier molecular flexibility index (Phi) is 5.01. The zero-order valence-electron chi connectivity index (χ0n) is 12.6. The molecule has 1 N–H and O–H groups in total. The zero-order valence-corrected chi connectivity index (χ0v) is 12.6. The van der Waals surface area contributed by atoms with Crippen molar-refractivity contribution in [2.75, 3.05) is 25.0 Å². The van der Waals surface area contributed by atoms with Crippen molar-refractivity contribution in [1.29, 1.82) is 0 Å². The minimum Gasteiger partial charge on any atom is -0.445 e. The summed E-state index contributed by atoms with van der Waals surface area (Å²) >= 11 is 0. The minimum absolute atomic E-state index is 0.00743. The van der Waals surface area contributed by atoms with E-state index in [0.717, 1.165) is 49.3 Å². The van der Waals surface area contributed by atoms with Crippen molar-refractivity contribution in [3.8, 4) is 0 Å². The van der Waals surface area contributed by atoms with Gasteiger partial charge in [0.05, 0.1) is 0 Å². The second kappa shape index (κ2) is 6.75. The van der Waals surface area contributed by atoms with E-state index in [1.54, 1.807) is 0 Å². The molecular weight excluding hydrogens is 252 g/mol. The maximum absolute atomic E-state index is 12.0. The van der Waals surface area contributed by atoms with Gasteiger partial charge in [-0.2, -0.15) is 0 Å². The van der Waals surface area contributed by atoms with Crippen molar-refractivity contribution in [2.24, 2.45) is 0 Å². The van der Waals surface area contributed by atoms with E-state index in [2.05, 4.69) is 17.1 Å². The van der Waals surface area contributed by atoms with Gasteiger partial charge in [0.25, 0.3) is 0 Å². The van der Waals surface area contributed by atoms with E-state index >= 15 is 0 Å². The molecule has 1 aromatic rings. The second-order valence-electron chi connectivity index (χ2n) is 5.45. The Bertz CT molecular complexity index is 453. The molecule has 1 amide bonds. The Hall–Kier alpha value is -1.55. The number of aryl methyl sites for hydroxylation is 2. The number of carbonyl (C=O) groups is 1. The molecule has 1 fully saturated rings. The molecule has 1 aliphatic heterocycles. The average Bonchev–Trinajstić information content (AvgIpc) is 2.43. The number of ether oxygens (including phenoxy) is 1. The van der Waals surface area contributed by atoms with Crippen LogP contribution in [0.1, 0.15) is 30.9 Å². The number of hydrogen-bond acceptors (Lipinski definition) is 3. The zero-order chi connectivity index (χ0) is 14.5. The standard InChI is InChI=1S/C16H24N2O2/c1-4-18-10-6-9-14(11-18)20-16(19)17-15-12(2)7-5-8-13(15)3/h5,7-8,14H,4,6,9-11H2,1-3H3,(H,17,19)/t14-/m0/s1. The molecule has 1 heterocycles. The topological polar surface area (TPSA) is 41.6 Å². The van der Waals surface area contributed by atoms with Gasteiger partial charge in [-0.3, -0.25) is 10.2 Å². The van der Waals surface area contributed by atoms with Gasteiger partial charge in [0.2, 0.25) is 0 Å². The predicted octanol–water partition coefficient (Wildman–Crippen LogP) is 3.34. The molecule has 2 rings (SSSR count). The highest BCUT2D eigenvalue weighted by Gasteiger charge is 2.22. The number of para-hydroxylation sites is 1. The summed E-state index contributed by atoms with van der Waals surface area (Å²) in [7, 11) is 0. The Morgan fingerprint density at radius 3 is 2.75 bits per heavy atom. The lowest BCUT2D eigenvalue weighted by atomic mass is 10.1. The Balaban J connectivity index is 1.92. The number of likely N-dealkylation sites (N-methyl/N-ethyl adjacent to an activating group) is 1. The smallest absolute Gasteiger partial charge is 0.411 e. The molecule has 1 saturated heterocycles. The molecule has 110 valence electrons. The normalized spacial score (nSPS) is 19.6. The van der Waals surface area contributed by atoms with Gasteiger partial charge in [0.1, 0.15) is 6.10 Å². The van der Waals surface area contributed by atoms with Crippen LogP contribution in [0.5, 0.6) is 0 Å². The van der Waals surface area contributed by atoms with Crippen molar-refractivity contribution < 1.29 is 9.53 Å². The van der Waals surface area contributed by atoms with Gasteiger partial charge < -0.3 is 4.74 Å². The molecule has 20 heavy (non-hydrogen) atoms. The third kappa shape index (κ3) is 3.73. The fourth-order valence-corrected chi connectivity index (χ4v) is 2.69. The van der Waals surface area contributed by atoms with E-state index in [-0.39, 0.29) is 12.2 Å². The quantitative estimate of drug-likeness (QED) is 0.920. The summed E-state index contributed by atoms with van der Waals surface area (Å²) in [5, 5.41) is 2.88. The van der Waals surface area contributed by atoms with E-state index in [4.69, 9.17) is 4.74 Å². The number of benzene rings is 1. The molecule has 0 radical (unpaired) electrons. The van der Waals surface area contributed by atoms with Crippen molar-refractivity contribution in [3.05, 3.63) is 29.3 Å². The lowest BCUT2D eigenvalue weighted by molar-refractivity contribution is 0.0519. The highest BCUT2D eigenvalue weighted by atomic mass is 16.6. The molecule has 4 nitrogen and oxygen atoms in total. The molecule has 1 aliphatic rings. The molecule has 0 spiro atoms. The van der Waals surface area contributed by atoms with Crippen LogP contribution in [0.3, 0.4) is 0 Å². The fraction of sp³-hybridized carbons (Fsp3) is 0.562. The van der Waals surface area contributed by atoms with Crippen LogP contribution in [-0.4, -0.2) is 36.7 Å². The minimum atomic E-state index is -0.342. The molecule has 0 aromatic heterocycles. The molecular formula is C16H24N2O2. The molecule has 0 bridgehead atoms. The van der Waals surface area contributed by atoms with Crippen LogP contribution in [0.25, 0.3) is 0 Å². The number of rotatable bonds is 3. The molecule has 0 aliphatic carbocycles. The first kappa shape index (κ1) is 14.9. The number of anilines is 1. The first-order valence-corrected chi connectivity index (χ1v) is 7.36. The second-order valence-corrected chi connectivity index (χ2v) is 5.45. The Morgan fingerprint density at radius 2 is 2.10 bits per heavy atom. The van der Waals surface area contributed by atoms with E-state index in [9.17, 15) is 4.79 Å². The largest absolute Gasteiger partial charge is 0.445 e. The lowest BCUT2D eigenvalue weighted by Gasteiger charge is -2.31. The van der Waals surface area contributed by atoms with Gasteiger partial charge in [-0.05, 0) is 50.9 Å². The summed E-state index contributed by atoms with van der Waals surface area (Å²) in [6.45, 7) is 9.08. The van der Waals surface area contributed by atoms with Crippen LogP contribution in [0, 0.1) is 13.8 Å². The van der Waals surface area contributed by atoms with Crippen molar-refractivity contribution in [3.63, 3.8) is 0 Å². The summed E-state index contributed by atoms with van der Waals surface area (Å²) in [5.74, 6) is 0. The highest BCUT2D eigenvalue weighted by Crippen LogP contribution is 2.20. The summed E-state index contributed by atoms with van der Waals surface area (Å²) in [5.41, 5.74) is 2.97. The fourth-order valence-electron chi connectivity index (χ4n) is 2.69. The Labute approximate surface area is 121 Å².